The standard InChI is InChI=1S/C22H18F3IN2O2/c1-22(2,3)30-21(29)18-14(12-6-8-27-9-7-12)11-16(24)19(25)20(18)28-17-5-4-13(26)10-15(17)23/h4-11,28H,1-3H3. The van der Waals surface area contributed by atoms with Crippen LogP contribution in [-0.4, -0.2) is 16.6 Å². The van der Waals surface area contributed by atoms with Gasteiger partial charge >= 0.3 is 5.97 Å². The lowest BCUT2D eigenvalue weighted by Crippen LogP contribution is -2.25. The Hall–Kier alpha value is -2.62. The van der Waals surface area contributed by atoms with E-state index in [0.29, 0.717) is 9.13 Å². The van der Waals surface area contributed by atoms with E-state index in [1.54, 1.807) is 39.0 Å². The van der Waals surface area contributed by atoms with Crippen molar-refractivity contribution in [2.75, 3.05) is 5.32 Å². The van der Waals surface area contributed by atoms with Crippen LogP contribution < -0.4 is 5.32 Å². The zero-order valence-electron chi connectivity index (χ0n) is 16.4. The number of carbonyl (C=O) groups excluding carboxylic acids is 1. The molecule has 1 heterocycles. The summed E-state index contributed by atoms with van der Waals surface area (Å²) in [6.45, 7) is 4.97. The summed E-state index contributed by atoms with van der Waals surface area (Å²) in [5.74, 6) is -4.05. The van der Waals surface area contributed by atoms with Gasteiger partial charge in [0.1, 0.15) is 11.4 Å². The van der Waals surface area contributed by atoms with Crippen molar-refractivity contribution in [2.24, 2.45) is 0 Å². The minimum atomic E-state index is -1.31. The summed E-state index contributed by atoms with van der Waals surface area (Å²) >= 11 is 1.93. The van der Waals surface area contributed by atoms with Gasteiger partial charge in [-0.15, -0.1) is 0 Å². The van der Waals surface area contributed by atoms with Gasteiger partial charge in [0.25, 0.3) is 0 Å². The third-order valence-electron chi connectivity index (χ3n) is 4.00. The summed E-state index contributed by atoms with van der Waals surface area (Å²) in [6.07, 6.45) is 2.92. The van der Waals surface area contributed by atoms with Crippen molar-refractivity contribution < 1.29 is 22.7 Å². The maximum atomic E-state index is 14.9. The number of halogens is 4. The molecule has 0 fully saturated rings. The summed E-state index contributed by atoms with van der Waals surface area (Å²) in [7, 11) is 0. The number of esters is 1. The molecule has 30 heavy (non-hydrogen) atoms. The molecule has 3 rings (SSSR count). The molecule has 0 spiro atoms. The van der Waals surface area contributed by atoms with Gasteiger partial charge < -0.3 is 10.1 Å². The zero-order chi connectivity index (χ0) is 22.1. The molecule has 2 aromatic carbocycles. The average molecular weight is 526 g/mol. The van der Waals surface area contributed by atoms with Crippen LogP contribution in [0.25, 0.3) is 11.1 Å². The molecular formula is C22H18F3IN2O2. The van der Waals surface area contributed by atoms with Crippen molar-refractivity contribution in [3.8, 4) is 11.1 Å². The quantitative estimate of drug-likeness (QED) is 0.313. The summed E-state index contributed by atoms with van der Waals surface area (Å²) in [4.78, 5) is 16.9. The second-order valence-corrected chi connectivity index (χ2v) is 8.70. The number of carbonyl (C=O) groups is 1. The first-order valence-electron chi connectivity index (χ1n) is 8.94. The van der Waals surface area contributed by atoms with Crippen molar-refractivity contribution in [1.82, 2.24) is 4.98 Å². The monoisotopic (exact) mass is 526 g/mol. The Morgan fingerprint density at radius 1 is 1.03 bits per heavy atom. The Kier molecular flexibility index (Phi) is 6.35. The molecule has 0 saturated carbocycles. The number of anilines is 2. The van der Waals surface area contributed by atoms with E-state index in [1.807, 2.05) is 22.6 Å². The van der Waals surface area contributed by atoms with E-state index in [-0.39, 0.29) is 16.8 Å². The van der Waals surface area contributed by atoms with Crippen molar-refractivity contribution in [3.63, 3.8) is 0 Å². The van der Waals surface area contributed by atoms with Gasteiger partial charge in [-0.25, -0.2) is 18.0 Å². The van der Waals surface area contributed by atoms with Gasteiger partial charge in [-0.05, 0) is 85.3 Å². The molecule has 0 atom stereocenters. The number of hydrogen-bond acceptors (Lipinski definition) is 4. The molecule has 0 saturated heterocycles. The zero-order valence-corrected chi connectivity index (χ0v) is 18.6. The minimum Gasteiger partial charge on any atom is -0.456 e. The number of hydrogen-bond donors (Lipinski definition) is 1. The third kappa shape index (κ3) is 4.92. The van der Waals surface area contributed by atoms with E-state index in [9.17, 15) is 18.0 Å². The van der Waals surface area contributed by atoms with E-state index >= 15 is 0 Å². The minimum absolute atomic E-state index is 0.0963. The van der Waals surface area contributed by atoms with E-state index in [4.69, 9.17) is 4.74 Å². The maximum Gasteiger partial charge on any atom is 0.341 e. The van der Waals surface area contributed by atoms with Gasteiger partial charge in [0, 0.05) is 21.5 Å². The second-order valence-electron chi connectivity index (χ2n) is 7.46. The van der Waals surface area contributed by atoms with Crippen LogP contribution in [0, 0.1) is 21.0 Å². The molecule has 156 valence electrons. The van der Waals surface area contributed by atoms with Gasteiger partial charge in [0.15, 0.2) is 11.6 Å². The Morgan fingerprint density at radius 2 is 1.70 bits per heavy atom. The van der Waals surface area contributed by atoms with E-state index in [2.05, 4.69) is 10.3 Å². The lowest BCUT2D eigenvalue weighted by molar-refractivity contribution is 0.00711. The van der Waals surface area contributed by atoms with Crippen LogP contribution in [-0.2, 0) is 4.74 Å². The lowest BCUT2D eigenvalue weighted by Gasteiger charge is -2.23. The Balaban J connectivity index is 2.25. The number of benzene rings is 2. The molecule has 0 aliphatic carbocycles. The van der Waals surface area contributed by atoms with E-state index < -0.39 is 34.7 Å². The summed E-state index contributed by atoms with van der Waals surface area (Å²) in [5, 5.41) is 2.54. The van der Waals surface area contributed by atoms with Crippen molar-refractivity contribution in [1.29, 1.82) is 0 Å². The van der Waals surface area contributed by atoms with Gasteiger partial charge in [0.2, 0.25) is 0 Å². The van der Waals surface area contributed by atoms with E-state index in [0.717, 1.165) is 6.07 Å². The molecule has 8 heteroatoms. The first-order chi connectivity index (χ1) is 14.1. The van der Waals surface area contributed by atoms with Crippen molar-refractivity contribution in [3.05, 3.63) is 75.4 Å². The number of pyridine rings is 1. The molecule has 0 unspecified atom stereocenters. The van der Waals surface area contributed by atoms with Gasteiger partial charge in [-0.2, -0.15) is 0 Å². The first kappa shape index (κ1) is 22.1. The van der Waals surface area contributed by atoms with Crippen LogP contribution >= 0.6 is 22.6 Å². The molecule has 1 N–H and O–H groups in total. The van der Waals surface area contributed by atoms with Gasteiger partial charge in [-0.1, -0.05) is 0 Å². The number of aromatic nitrogens is 1. The molecule has 0 aliphatic rings. The fourth-order valence-corrected chi connectivity index (χ4v) is 3.22. The number of nitrogens with one attached hydrogen (secondary N) is 1. The first-order valence-corrected chi connectivity index (χ1v) is 10.0. The van der Waals surface area contributed by atoms with Crippen molar-refractivity contribution in [2.45, 2.75) is 26.4 Å². The Morgan fingerprint density at radius 3 is 2.30 bits per heavy atom. The fourth-order valence-electron chi connectivity index (χ4n) is 2.77. The summed E-state index contributed by atoms with van der Waals surface area (Å²) < 4.78 is 49.8. The highest BCUT2D eigenvalue weighted by atomic mass is 127. The van der Waals surface area contributed by atoms with Crippen LogP contribution in [0.4, 0.5) is 24.5 Å². The van der Waals surface area contributed by atoms with Gasteiger partial charge in [0.05, 0.1) is 16.9 Å². The molecule has 0 bridgehead atoms. The normalized spacial score (nSPS) is 11.3. The maximum absolute atomic E-state index is 14.9. The predicted molar refractivity (Wildman–Crippen MR) is 117 cm³/mol. The number of nitrogens with zero attached hydrogens (tertiary/aromatic N) is 1. The molecule has 1 aromatic heterocycles. The average Bonchev–Trinajstić information content (AvgIpc) is 2.66. The smallest absolute Gasteiger partial charge is 0.341 e. The molecule has 4 nitrogen and oxygen atoms in total. The highest BCUT2D eigenvalue weighted by molar-refractivity contribution is 14.1. The predicted octanol–water partition coefficient (Wildman–Crippen LogP) is 6.47. The highest BCUT2D eigenvalue weighted by Crippen LogP contribution is 2.36. The third-order valence-corrected chi connectivity index (χ3v) is 4.68. The van der Waals surface area contributed by atoms with Crippen LogP contribution in [0.15, 0.2) is 48.8 Å². The van der Waals surface area contributed by atoms with Gasteiger partial charge in [-0.3, -0.25) is 4.98 Å². The SMILES string of the molecule is CC(C)(C)OC(=O)c1c(-c2ccncc2)cc(F)c(F)c1Nc1ccc(I)cc1F. The molecule has 3 aromatic rings. The lowest BCUT2D eigenvalue weighted by atomic mass is 9.97. The second kappa shape index (κ2) is 8.63. The topological polar surface area (TPSA) is 51.2 Å². The largest absolute Gasteiger partial charge is 0.456 e. The molecule has 0 aliphatic heterocycles. The molecule has 0 amide bonds. The highest BCUT2D eigenvalue weighted by Gasteiger charge is 2.29. The van der Waals surface area contributed by atoms with Crippen LogP contribution in [0.5, 0.6) is 0 Å². The summed E-state index contributed by atoms with van der Waals surface area (Å²) in [5.41, 5.74) is -1.22. The number of ether oxygens (including phenoxy) is 1. The Labute approximate surface area is 185 Å². The van der Waals surface area contributed by atoms with Crippen LogP contribution in [0.2, 0.25) is 0 Å². The molecule has 0 radical (unpaired) electrons. The number of rotatable bonds is 4. The molecular weight excluding hydrogens is 508 g/mol. The van der Waals surface area contributed by atoms with Crippen molar-refractivity contribution >= 4 is 39.9 Å². The van der Waals surface area contributed by atoms with Crippen LogP contribution in [0.1, 0.15) is 31.1 Å². The van der Waals surface area contributed by atoms with Crippen LogP contribution in [0.3, 0.4) is 0 Å². The Bertz CT molecular complexity index is 1100. The summed E-state index contributed by atoms with van der Waals surface area (Å²) in [6, 6.07) is 8.23. The fraction of sp³-hybridized carbons (Fsp3) is 0.182. The van der Waals surface area contributed by atoms with E-state index in [1.165, 1.54) is 24.5 Å².